The van der Waals surface area contributed by atoms with Crippen LogP contribution in [0.1, 0.15) is 18.4 Å². The molecule has 0 bridgehead atoms. The van der Waals surface area contributed by atoms with E-state index >= 15 is 0 Å². The van der Waals surface area contributed by atoms with Gasteiger partial charge in [0.1, 0.15) is 6.04 Å². The van der Waals surface area contributed by atoms with E-state index in [0.29, 0.717) is 5.75 Å². The summed E-state index contributed by atoms with van der Waals surface area (Å²) in [6.07, 6.45) is -3.53. The molecule has 0 saturated heterocycles. The number of rotatable bonds is 11. The van der Waals surface area contributed by atoms with Crippen molar-refractivity contribution in [3.05, 3.63) is 34.3 Å². The van der Waals surface area contributed by atoms with Crippen molar-refractivity contribution in [3.8, 4) is 0 Å². The van der Waals surface area contributed by atoms with Crippen LogP contribution < -0.4 is 5.32 Å². The Hall–Kier alpha value is -2.27. The van der Waals surface area contributed by atoms with E-state index in [9.17, 15) is 19.2 Å². The zero-order chi connectivity index (χ0) is 20.4. The van der Waals surface area contributed by atoms with Crippen molar-refractivity contribution in [2.45, 2.75) is 30.7 Å². The minimum Gasteiger partial charge on any atom is -0.481 e. The van der Waals surface area contributed by atoms with Crippen molar-refractivity contribution < 1.29 is 39.2 Å². The SMILES string of the molecule is O=C(O)CC[C@H](NC(=O)O[C@@H](CSCc1ccc(Br)cc1)C(=O)O)C(=O)O. The molecule has 0 saturated carbocycles. The number of alkyl carbamates (subject to hydrolysis) is 1. The van der Waals surface area contributed by atoms with Crippen LogP contribution >= 0.6 is 27.7 Å². The van der Waals surface area contributed by atoms with Crippen molar-refractivity contribution in [2.75, 3.05) is 5.75 Å². The first-order valence-electron chi connectivity index (χ1n) is 7.65. The van der Waals surface area contributed by atoms with E-state index < -0.39 is 42.6 Å². The number of carbonyl (C=O) groups excluding carboxylic acids is 1. The fourth-order valence-electron chi connectivity index (χ4n) is 1.85. The van der Waals surface area contributed by atoms with Gasteiger partial charge in [-0.25, -0.2) is 14.4 Å². The predicted octanol–water partition coefficient (Wildman–Crippen LogP) is 2.18. The van der Waals surface area contributed by atoms with Crippen LogP contribution in [0.3, 0.4) is 0 Å². The molecule has 1 aromatic carbocycles. The number of thioether (sulfide) groups is 1. The monoisotopic (exact) mass is 463 g/mol. The van der Waals surface area contributed by atoms with E-state index in [4.69, 9.17) is 20.1 Å². The van der Waals surface area contributed by atoms with Crippen molar-refractivity contribution >= 4 is 51.7 Å². The van der Waals surface area contributed by atoms with Gasteiger partial charge in [0.15, 0.2) is 0 Å². The smallest absolute Gasteiger partial charge is 0.408 e. The number of hydrogen-bond acceptors (Lipinski definition) is 6. The van der Waals surface area contributed by atoms with E-state index in [1.165, 1.54) is 11.8 Å². The van der Waals surface area contributed by atoms with Crippen LogP contribution in [0.5, 0.6) is 0 Å². The molecule has 0 aliphatic rings. The second-order valence-electron chi connectivity index (χ2n) is 5.34. The van der Waals surface area contributed by atoms with E-state index in [1.54, 1.807) is 0 Å². The summed E-state index contributed by atoms with van der Waals surface area (Å²) < 4.78 is 5.68. The van der Waals surface area contributed by atoms with Crippen LogP contribution in [0.4, 0.5) is 4.79 Å². The number of carboxylic acids is 3. The maximum absolute atomic E-state index is 11.8. The third-order valence-electron chi connectivity index (χ3n) is 3.21. The summed E-state index contributed by atoms with van der Waals surface area (Å²) in [6.45, 7) is 0. The number of amides is 1. The standard InChI is InChI=1S/C16H18BrNO8S/c17-10-3-1-9(2-4-10)7-27-8-12(15(23)24)26-16(25)18-11(14(21)22)5-6-13(19)20/h1-4,11-12H,5-8H2,(H,18,25)(H,19,20)(H,21,22)(H,23,24)/t11-,12-/m0/s1. The van der Waals surface area contributed by atoms with Gasteiger partial charge in [-0.3, -0.25) is 4.79 Å². The lowest BCUT2D eigenvalue weighted by molar-refractivity contribution is -0.145. The number of ether oxygens (including phenoxy) is 1. The van der Waals surface area contributed by atoms with Gasteiger partial charge in [0.25, 0.3) is 0 Å². The van der Waals surface area contributed by atoms with Crippen molar-refractivity contribution in [2.24, 2.45) is 0 Å². The van der Waals surface area contributed by atoms with Gasteiger partial charge in [-0.05, 0) is 24.1 Å². The zero-order valence-corrected chi connectivity index (χ0v) is 16.4. The Balaban J connectivity index is 2.52. The van der Waals surface area contributed by atoms with Crippen LogP contribution in [0.25, 0.3) is 0 Å². The molecule has 0 aromatic heterocycles. The van der Waals surface area contributed by atoms with Gasteiger partial charge < -0.3 is 25.4 Å². The summed E-state index contributed by atoms with van der Waals surface area (Å²) in [5, 5.41) is 28.7. The number of halogens is 1. The lowest BCUT2D eigenvalue weighted by Crippen LogP contribution is -2.44. The number of aliphatic carboxylic acids is 3. The first-order chi connectivity index (χ1) is 12.7. The van der Waals surface area contributed by atoms with E-state index in [-0.39, 0.29) is 12.2 Å². The third kappa shape index (κ3) is 9.29. The molecule has 2 atom stereocenters. The lowest BCUT2D eigenvalue weighted by Gasteiger charge is -2.17. The molecule has 11 heteroatoms. The highest BCUT2D eigenvalue weighted by molar-refractivity contribution is 9.10. The Labute approximate surface area is 167 Å². The average molecular weight is 464 g/mol. The summed E-state index contributed by atoms with van der Waals surface area (Å²) in [4.78, 5) is 44.6. The third-order valence-corrected chi connectivity index (χ3v) is 4.82. The summed E-state index contributed by atoms with van der Waals surface area (Å²) in [7, 11) is 0. The normalized spacial score (nSPS) is 12.6. The predicted molar refractivity (Wildman–Crippen MR) is 99.6 cm³/mol. The number of carboxylic acid groups (broad SMARTS) is 3. The summed E-state index contributed by atoms with van der Waals surface area (Å²) in [5.74, 6) is -3.57. The van der Waals surface area contributed by atoms with Crippen molar-refractivity contribution in [1.82, 2.24) is 5.32 Å². The quantitative estimate of drug-likeness (QED) is 0.386. The van der Waals surface area contributed by atoms with Crippen LogP contribution in [-0.2, 0) is 24.9 Å². The molecule has 0 spiro atoms. The Morgan fingerprint density at radius 2 is 1.70 bits per heavy atom. The highest BCUT2D eigenvalue weighted by Gasteiger charge is 2.26. The average Bonchev–Trinajstić information content (AvgIpc) is 2.58. The molecule has 1 aromatic rings. The Bertz CT molecular complexity index is 682. The molecular formula is C16H18BrNO8S. The van der Waals surface area contributed by atoms with Gasteiger partial charge in [-0.2, -0.15) is 11.8 Å². The molecule has 0 aliphatic carbocycles. The van der Waals surface area contributed by atoms with Crippen LogP contribution in [0.15, 0.2) is 28.7 Å². The Morgan fingerprint density at radius 3 is 2.22 bits per heavy atom. The molecule has 0 aliphatic heterocycles. The van der Waals surface area contributed by atoms with E-state index in [0.717, 1.165) is 10.0 Å². The van der Waals surface area contributed by atoms with Gasteiger partial charge in [-0.15, -0.1) is 0 Å². The molecular weight excluding hydrogens is 446 g/mol. The first kappa shape index (κ1) is 22.8. The van der Waals surface area contributed by atoms with Crippen molar-refractivity contribution in [1.29, 1.82) is 0 Å². The second kappa shape index (κ2) is 11.4. The van der Waals surface area contributed by atoms with Gasteiger partial charge in [0.2, 0.25) is 6.10 Å². The molecule has 148 valence electrons. The first-order valence-corrected chi connectivity index (χ1v) is 9.60. The van der Waals surface area contributed by atoms with Crippen LogP contribution in [0.2, 0.25) is 0 Å². The number of carbonyl (C=O) groups is 4. The highest BCUT2D eigenvalue weighted by Crippen LogP contribution is 2.17. The van der Waals surface area contributed by atoms with Crippen LogP contribution in [-0.4, -0.2) is 57.2 Å². The van der Waals surface area contributed by atoms with Gasteiger partial charge in [0, 0.05) is 22.4 Å². The Morgan fingerprint density at radius 1 is 1.07 bits per heavy atom. The molecule has 9 nitrogen and oxygen atoms in total. The number of hydrogen-bond donors (Lipinski definition) is 4. The molecule has 1 amide bonds. The maximum atomic E-state index is 11.8. The molecule has 0 unspecified atom stereocenters. The second-order valence-corrected chi connectivity index (χ2v) is 7.29. The summed E-state index contributed by atoms with van der Waals surface area (Å²) >= 11 is 4.54. The molecule has 27 heavy (non-hydrogen) atoms. The van der Waals surface area contributed by atoms with E-state index in [1.807, 2.05) is 29.6 Å². The van der Waals surface area contributed by atoms with Gasteiger partial charge in [0.05, 0.1) is 0 Å². The highest BCUT2D eigenvalue weighted by atomic mass is 79.9. The molecule has 0 heterocycles. The molecule has 1 rings (SSSR count). The fraction of sp³-hybridized carbons (Fsp3) is 0.375. The zero-order valence-electron chi connectivity index (χ0n) is 14.0. The summed E-state index contributed by atoms with van der Waals surface area (Å²) in [5.41, 5.74) is 0.955. The fourth-order valence-corrected chi connectivity index (χ4v) is 3.09. The minimum atomic E-state index is -1.49. The van der Waals surface area contributed by atoms with Gasteiger partial charge in [-0.1, -0.05) is 28.1 Å². The topological polar surface area (TPSA) is 150 Å². The van der Waals surface area contributed by atoms with Crippen LogP contribution in [0, 0.1) is 0 Å². The minimum absolute atomic E-state index is 0.0360. The maximum Gasteiger partial charge on any atom is 0.408 e. The van der Waals surface area contributed by atoms with Gasteiger partial charge >= 0.3 is 24.0 Å². The Kier molecular flexibility index (Phi) is 9.65. The molecule has 0 radical (unpaired) electrons. The number of benzene rings is 1. The summed E-state index contributed by atoms with van der Waals surface area (Å²) in [6, 6.07) is 5.93. The lowest BCUT2D eigenvalue weighted by atomic mass is 10.1. The molecule has 0 fully saturated rings. The molecule has 4 N–H and O–H groups in total. The van der Waals surface area contributed by atoms with E-state index in [2.05, 4.69) is 15.9 Å². The largest absolute Gasteiger partial charge is 0.481 e. The number of nitrogens with one attached hydrogen (secondary N) is 1. The van der Waals surface area contributed by atoms with Crippen molar-refractivity contribution in [3.63, 3.8) is 0 Å².